The van der Waals surface area contributed by atoms with E-state index in [2.05, 4.69) is 10.6 Å². The van der Waals surface area contributed by atoms with E-state index in [0.717, 1.165) is 0 Å². The maximum atomic E-state index is 11.8. The molecule has 1 aromatic rings. The normalized spacial score (nSPS) is 9.67. The minimum atomic E-state index is -0.274. The zero-order chi connectivity index (χ0) is 13.4. The van der Waals surface area contributed by atoms with Gasteiger partial charge >= 0.3 is 0 Å². The van der Waals surface area contributed by atoms with Gasteiger partial charge in [-0.15, -0.1) is 0 Å². The first kappa shape index (κ1) is 14.4. The Bertz CT molecular complexity index is 424. The molecule has 18 heavy (non-hydrogen) atoms. The van der Waals surface area contributed by atoms with Crippen molar-refractivity contribution in [1.82, 2.24) is 10.6 Å². The van der Waals surface area contributed by atoms with Gasteiger partial charge < -0.3 is 14.8 Å². The molecule has 1 aromatic carbocycles. The number of amides is 1. The predicted molar refractivity (Wildman–Crippen MR) is 72.9 cm³/mol. The number of carbonyl (C=O) groups is 1. The lowest BCUT2D eigenvalue weighted by molar-refractivity contribution is 0.0976. The number of rotatable bonds is 5. The molecule has 98 valence electrons. The van der Waals surface area contributed by atoms with Gasteiger partial charge in [-0.05, 0) is 30.4 Å². The van der Waals surface area contributed by atoms with Gasteiger partial charge in [0, 0.05) is 19.2 Å². The second-order valence-electron chi connectivity index (χ2n) is 3.43. The Morgan fingerprint density at radius 2 is 2.17 bits per heavy atom. The molecule has 0 saturated carbocycles. The summed E-state index contributed by atoms with van der Waals surface area (Å²) < 4.78 is 9.91. The fraction of sp³-hybridized carbons (Fsp3) is 0.333. The molecule has 0 spiro atoms. The van der Waals surface area contributed by atoms with E-state index in [4.69, 9.17) is 21.7 Å². The summed E-state index contributed by atoms with van der Waals surface area (Å²) in [4.78, 5) is 11.8. The average molecular weight is 268 g/mol. The highest BCUT2D eigenvalue weighted by Gasteiger charge is 2.08. The van der Waals surface area contributed by atoms with Crippen molar-refractivity contribution in [1.29, 1.82) is 0 Å². The second kappa shape index (κ2) is 7.62. The smallest absolute Gasteiger partial charge is 0.257 e. The quantitative estimate of drug-likeness (QED) is 0.615. The van der Waals surface area contributed by atoms with Crippen LogP contribution in [0.2, 0.25) is 0 Å². The molecule has 0 unspecified atom stereocenters. The summed E-state index contributed by atoms with van der Waals surface area (Å²) in [5.41, 5.74) is 0.491. The zero-order valence-corrected chi connectivity index (χ0v) is 11.2. The number of hydrogen-bond acceptors (Lipinski definition) is 4. The summed E-state index contributed by atoms with van der Waals surface area (Å²) in [7, 11) is 3.15. The fourth-order valence-corrected chi connectivity index (χ4v) is 1.45. The van der Waals surface area contributed by atoms with Crippen LogP contribution in [0.15, 0.2) is 24.3 Å². The van der Waals surface area contributed by atoms with Crippen molar-refractivity contribution in [2.75, 3.05) is 27.4 Å². The number of ether oxygens (including phenoxy) is 2. The van der Waals surface area contributed by atoms with E-state index in [1.807, 2.05) is 0 Å². The molecule has 5 nitrogen and oxygen atoms in total. The molecule has 0 aliphatic heterocycles. The first-order valence-electron chi connectivity index (χ1n) is 5.39. The van der Waals surface area contributed by atoms with Crippen LogP contribution in [-0.4, -0.2) is 38.4 Å². The molecule has 1 amide bonds. The van der Waals surface area contributed by atoms with Crippen molar-refractivity contribution >= 4 is 23.2 Å². The number of nitrogens with one attached hydrogen (secondary N) is 2. The molecule has 1 rings (SSSR count). The van der Waals surface area contributed by atoms with Crippen molar-refractivity contribution in [3.05, 3.63) is 29.8 Å². The summed E-state index contributed by atoms with van der Waals surface area (Å²) in [5, 5.41) is 5.71. The first-order valence-corrected chi connectivity index (χ1v) is 5.80. The second-order valence-corrected chi connectivity index (χ2v) is 3.84. The Balaban J connectivity index is 2.51. The van der Waals surface area contributed by atoms with E-state index < -0.39 is 0 Å². The summed E-state index contributed by atoms with van der Waals surface area (Å²) >= 11 is 4.97. The van der Waals surface area contributed by atoms with Gasteiger partial charge in [-0.2, -0.15) is 0 Å². The van der Waals surface area contributed by atoms with Gasteiger partial charge in [-0.3, -0.25) is 10.1 Å². The molecule has 6 heteroatoms. The molecule has 0 radical (unpaired) electrons. The molecule has 0 heterocycles. The molecule has 0 fully saturated rings. The molecule has 0 aromatic heterocycles. The highest BCUT2D eigenvalue weighted by Crippen LogP contribution is 2.12. The maximum absolute atomic E-state index is 11.8. The molecule has 0 atom stereocenters. The molecule has 0 bridgehead atoms. The average Bonchev–Trinajstić information content (AvgIpc) is 2.39. The van der Waals surface area contributed by atoms with Crippen molar-refractivity contribution in [3.8, 4) is 5.75 Å². The lowest BCUT2D eigenvalue weighted by Crippen LogP contribution is -2.40. The van der Waals surface area contributed by atoms with E-state index >= 15 is 0 Å². The number of hydrogen-bond donors (Lipinski definition) is 2. The Labute approximate surface area is 111 Å². The zero-order valence-electron chi connectivity index (χ0n) is 10.4. The third-order valence-electron chi connectivity index (χ3n) is 2.15. The maximum Gasteiger partial charge on any atom is 0.257 e. The lowest BCUT2D eigenvalue weighted by atomic mass is 10.2. The third kappa shape index (κ3) is 4.68. The molecular weight excluding hydrogens is 252 g/mol. The van der Waals surface area contributed by atoms with Crippen molar-refractivity contribution in [2.24, 2.45) is 0 Å². The molecule has 0 saturated heterocycles. The van der Waals surface area contributed by atoms with Crippen LogP contribution in [0.4, 0.5) is 0 Å². The third-order valence-corrected chi connectivity index (χ3v) is 2.40. The van der Waals surface area contributed by atoms with E-state index in [0.29, 0.717) is 24.5 Å². The molecule has 0 aliphatic carbocycles. The van der Waals surface area contributed by atoms with E-state index in [9.17, 15) is 4.79 Å². The predicted octanol–water partition coefficient (Wildman–Crippen LogP) is 0.946. The fourth-order valence-electron chi connectivity index (χ4n) is 1.25. The molecule has 2 N–H and O–H groups in total. The van der Waals surface area contributed by atoms with Crippen LogP contribution >= 0.6 is 12.2 Å². The Kier molecular flexibility index (Phi) is 6.10. The van der Waals surface area contributed by atoms with Crippen LogP contribution in [0.1, 0.15) is 10.4 Å². The van der Waals surface area contributed by atoms with Gasteiger partial charge in [-0.25, -0.2) is 0 Å². The van der Waals surface area contributed by atoms with Gasteiger partial charge in [0.05, 0.1) is 13.7 Å². The van der Waals surface area contributed by atoms with Crippen LogP contribution in [-0.2, 0) is 4.74 Å². The SMILES string of the molecule is COCCNC(=S)NC(=O)c1cccc(OC)c1. The summed E-state index contributed by atoms with van der Waals surface area (Å²) in [5.74, 6) is 0.352. The minimum absolute atomic E-state index is 0.274. The van der Waals surface area contributed by atoms with Crippen LogP contribution in [0.25, 0.3) is 0 Å². The highest BCUT2D eigenvalue weighted by molar-refractivity contribution is 7.80. The summed E-state index contributed by atoms with van der Waals surface area (Å²) in [6.45, 7) is 1.07. The number of benzene rings is 1. The van der Waals surface area contributed by atoms with Crippen molar-refractivity contribution < 1.29 is 14.3 Å². The van der Waals surface area contributed by atoms with E-state index in [1.165, 1.54) is 0 Å². The molecule has 0 aliphatic rings. The number of methoxy groups -OCH3 is 2. The van der Waals surface area contributed by atoms with Crippen LogP contribution in [0, 0.1) is 0 Å². The molecular formula is C12H16N2O3S. The van der Waals surface area contributed by atoms with Gasteiger partial charge in [0.25, 0.3) is 5.91 Å². The van der Waals surface area contributed by atoms with Gasteiger partial charge in [0.2, 0.25) is 0 Å². The highest BCUT2D eigenvalue weighted by atomic mass is 32.1. The van der Waals surface area contributed by atoms with Gasteiger partial charge in [0.1, 0.15) is 5.75 Å². The van der Waals surface area contributed by atoms with Crippen LogP contribution < -0.4 is 15.4 Å². The Hall–Kier alpha value is -1.66. The summed E-state index contributed by atoms with van der Waals surface area (Å²) in [6, 6.07) is 6.85. The van der Waals surface area contributed by atoms with E-state index in [-0.39, 0.29) is 11.0 Å². The Morgan fingerprint density at radius 3 is 2.83 bits per heavy atom. The van der Waals surface area contributed by atoms with Crippen LogP contribution in [0.5, 0.6) is 5.75 Å². The Morgan fingerprint density at radius 1 is 1.39 bits per heavy atom. The first-order chi connectivity index (χ1) is 8.67. The van der Waals surface area contributed by atoms with Crippen LogP contribution in [0.3, 0.4) is 0 Å². The lowest BCUT2D eigenvalue weighted by Gasteiger charge is -2.09. The van der Waals surface area contributed by atoms with Crippen molar-refractivity contribution in [3.63, 3.8) is 0 Å². The monoisotopic (exact) mass is 268 g/mol. The number of carbonyl (C=O) groups excluding carboxylic acids is 1. The van der Waals surface area contributed by atoms with Gasteiger partial charge in [0.15, 0.2) is 5.11 Å². The number of thiocarbonyl (C=S) groups is 1. The van der Waals surface area contributed by atoms with E-state index in [1.54, 1.807) is 38.5 Å². The standard InChI is InChI=1S/C12H16N2O3S/c1-16-7-6-13-12(18)14-11(15)9-4-3-5-10(8-9)17-2/h3-5,8H,6-7H2,1-2H3,(H2,13,14,15,18). The summed E-state index contributed by atoms with van der Waals surface area (Å²) in [6.07, 6.45) is 0. The van der Waals surface area contributed by atoms with Gasteiger partial charge in [-0.1, -0.05) is 6.07 Å². The minimum Gasteiger partial charge on any atom is -0.497 e. The van der Waals surface area contributed by atoms with Crippen molar-refractivity contribution in [2.45, 2.75) is 0 Å². The topological polar surface area (TPSA) is 59.6 Å². The largest absolute Gasteiger partial charge is 0.497 e.